The Morgan fingerprint density at radius 3 is 2.59 bits per heavy atom. The summed E-state index contributed by atoms with van der Waals surface area (Å²) in [5, 5.41) is 0.236. The zero-order valence-corrected chi connectivity index (χ0v) is 11.4. The van der Waals surface area contributed by atoms with Crippen molar-refractivity contribution in [1.29, 1.82) is 0 Å². The van der Waals surface area contributed by atoms with Crippen LogP contribution in [0.5, 0.6) is 0 Å². The highest BCUT2D eigenvalue weighted by molar-refractivity contribution is 6.28. The first-order valence-corrected chi connectivity index (χ1v) is 6.10. The standard InChI is InChI=1S/C11H20ClN5/c1-4-5-17(7-6-16(2)3)10-9(13)8-14-11(12)15-10/h8H,4-7,13H2,1-3H3. The van der Waals surface area contributed by atoms with Gasteiger partial charge in [-0.2, -0.15) is 4.98 Å². The van der Waals surface area contributed by atoms with Crippen molar-refractivity contribution in [1.82, 2.24) is 14.9 Å². The number of halogens is 1. The molecule has 17 heavy (non-hydrogen) atoms. The van der Waals surface area contributed by atoms with Gasteiger partial charge in [-0.3, -0.25) is 0 Å². The van der Waals surface area contributed by atoms with Gasteiger partial charge in [0, 0.05) is 19.6 Å². The van der Waals surface area contributed by atoms with E-state index in [0.717, 1.165) is 31.9 Å². The van der Waals surface area contributed by atoms with Crippen molar-refractivity contribution < 1.29 is 0 Å². The minimum absolute atomic E-state index is 0.236. The lowest BCUT2D eigenvalue weighted by Crippen LogP contribution is -2.33. The molecule has 6 heteroatoms. The molecule has 0 aromatic carbocycles. The summed E-state index contributed by atoms with van der Waals surface area (Å²) in [4.78, 5) is 12.3. The van der Waals surface area contributed by atoms with E-state index in [1.165, 1.54) is 0 Å². The van der Waals surface area contributed by atoms with Crippen LogP contribution in [-0.2, 0) is 0 Å². The minimum atomic E-state index is 0.236. The van der Waals surface area contributed by atoms with E-state index in [4.69, 9.17) is 17.3 Å². The fraction of sp³-hybridized carbons (Fsp3) is 0.636. The maximum atomic E-state index is 5.89. The first kappa shape index (κ1) is 14.0. The van der Waals surface area contributed by atoms with Gasteiger partial charge in [-0.15, -0.1) is 0 Å². The Labute approximate surface area is 108 Å². The topological polar surface area (TPSA) is 58.3 Å². The fourth-order valence-corrected chi connectivity index (χ4v) is 1.66. The predicted octanol–water partition coefficient (Wildman–Crippen LogP) is 1.49. The molecule has 1 rings (SSSR count). The van der Waals surface area contributed by atoms with Crippen LogP contribution >= 0.6 is 11.6 Å². The summed E-state index contributed by atoms with van der Waals surface area (Å²) in [5.41, 5.74) is 6.46. The smallest absolute Gasteiger partial charge is 0.224 e. The van der Waals surface area contributed by atoms with Gasteiger partial charge in [0.1, 0.15) is 0 Å². The lowest BCUT2D eigenvalue weighted by molar-refractivity contribution is 0.412. The summed E-state index contributed by atoms with van der Waals surface area (Å²) in [5.74, 6) is 0.730. The summed E-state index contributed by atoms with van der Waals surface area (Å²) in [6, 6.07) is 0. The molecule has 0 spiro atoms. The maximum absolute atomic E-state index is 5.89. The minimum Gasteiger partial charge on any atom is -0.394 e. The highest BCUT2D eigenvalue weighted by Crippen LogP contribution is 2.21. The first-order chi connectivity index (χ1) is 8.04. The molecule has 1 heterocycles. The zero-order chi connectivity index (χ0) is 12.8. The van der Waals surface area contributed by atoms with Crippen molar-refractivity contribution >= 4 is 23.1 Å². The monoisotopic (exact) mass is 257 g/mol. The van der Waals surface area contributed by atoms with Gasteiger partial charge in [-0.1, -0.05) is 6.92 Å². The second-order valence-corrected chi connectivity index (χ2v) is 4.55. The third-order valence-electron chi connectivity index (χ3n) is 2.38. The van der Waals surface area contributed by atoms with Gasteiger partial charge in [-0.05, 0) is 32.1 Å². The van der Waals surface area contributed by atoms with Crippen molar-refractivity contribution in [3.8, 4) is 0 Å². The van der Waals surface area contributed by atoms with Gasteiger partial charge in [0.2, 0.25) is 5.28 Å². The number of aromatic nitrogens is 2. The normalized spacial score (nSPS) is 10.9. The number of hydrogen-bond donors (Lipinski definition) is 1. The van der Waals surface area contributed by atoms with Crippen LogP contribution in [-0.4, -0.2) is 48.6 Å². The Kier molecular flexibility index (Phi) is 5.44. The summed E-state index contributed by atoms with van der Waals surface area (Å²) in [6.45, 7) is 4.85. The lowest BCUT2D eigenvalue weighted by Gasteiger charge is -2.25. The molecule has 0 radical (unpaired) electrons. The SMILES string of the molecule is CCCN(CCN(C)C)c1nc(Cl)ncc1N. The van der Waals surface area contributed by atoms with Crippen LogP contribution < -0.4 is 10.6 Å². The quantitative estimate of drug-likeness (QED) is 0.783. The van der Waals surface area contributed by atoms with Crippen LogP contribution in [0.25, 0.3) is 0 Å². The van der Waals surface area contributed by atoms with Crippen molar-refractivity contribution in [2.24, 2.45) is 0 Å². The van der Waals surface area contributed by atoms with Gasteiger partial charge in [0.05, 0.1) is 11.9 Å². The summed E-state index contributed by atoms with van der Waals surface area (Å²) in [6.07, 6.45) is 2.59. The number of nitrogens with two attached hydrogens (primary N) is 1. The molecule has 0 saturated heterocycles. The van der Waals surface area contributed by atoms with E-state index in [2.05, 4.69) is 26.7 Å². The van der Waals surface area contributed by atoms with Crippen LogP contribution in [0.15, 0.2) is 6.20 Å². The maximum Gasteiger partial charge on any atom is 0.224 e. The fourth-order valence-electron chi connectivity index (χ4n) is 1.53. The van der Waals surface area contributed by atoms with Gasteiger partial charge in [0.25, 0.3) is 0 Å². The van der Waals surface area contributed by atoms with E-state index >= 15 is 0 Å². The second kappa shape index (κ2) is 6.61. The van der Waals surface area contributed by atoms with Crippen LogP contribution in [0.1, 0.15) is 13.3 Å². The predicted molar refractivity (Wildman–Crippen MR) is 72.5 cm³/mol. The zero-order valence-electron chi connectivity index (χ0n) is 10.6. The number of nitrogen functional groups attached to an aromatic ring is 1. The second-order valence-electron chi connectivity index (χ2n) is 4.21. The van der Waals surface area contributed by atoms with E-state index in [0.29, 0.717) is 5.69 Å². The van der Waals surface area contributed by atoms with Gasteiger partial charge in [-0.25, -0.2) is 4.98 Å². The van der Waals surface area contributed by atoms with E-state index < -0.39 is 0 Å². The number of nitrogens with zero attached hydrogens (tertiary/aromatic N) is 4. The molecule has 0 unspecified atom stereocenters. The molecular formula is C11H20ClN5. The molecule has 0 aliphatic rings. The number of anilines is 2. The largest absolute Gasteiger partial charge is 0.394 e. The highest BCUT2D eigenvalue weighted by Gasteiger charge is 2.12. The Morgan fingerprint density at radius 1 is 1.29 bits per heavy atom. The van der Waals surface area contributed by atoms with Crippen molar-refractivity contribution in [2.75, 3.05) is 44.4 Å². The van der Waals surface area contributed by atoms with Crippen LogP contribution in [0.3, 0.4) is 0 Å². The molecule has 0 aliphatic carbocycles. The molecule has 96 valence electrons. The molecule has 1 aromatic rings. The van der Waals surface area contributed by atoms with Gasteiger partial charge in [0.15, 0.2) is 5.82 Å². The average molecular weight is 258 g/mol. The lowest BCUT2D eigenvalue weighted by atomic mass is 10.3. The van der Waals surface area contributed by atoms with Gasteiger partial charge >= 0.3 is 0 Å². The summed E-state index contributed by atoms with van der Waals surface area (Å²) >= 11 is 5.81. The molecule has 5 nitrogen and oxygen atoms in total. The average Bonchev–Trinajstić information content (AvgIpc) is 2.27. The Morgan fingerprint density at radius 2 is 2.00 bits per heavy atom. The Bertz CT molecular complexity index is 356. The third kappa shape index (κ3) is 4.36. The van der Waals surface area contributed by atoms with Crippen molar-refractivity contribution in [3.63, 3.8) is 0 Å². The number of rotatable bonds is 6. The van der Waals surface area contributed by atoms with E-state index in [-0.39, 0.29) is 5.28 Å². The number of likely N-dealkylation sites (N-methyl/N-ethyl adjacent to an activating group) is 1. The molecular weight excluding hydrogens is 238 g/mol. The summed E-state index contributed by atoms with van der Waals surface area (Å²) < 4.78 is 0. The molecule has 0 saturated carbocycles. The Balaban J connectivity index is 2.84. The van der Waals surface area contributed by atoms with Gasteiger partial charge < -0.3 is 15.5 Å². The number of hydrogen-bond acceptors (Lipinski definition) is 5. The van der Waals surface area contributed by atoms with Crippen molar-refractivity contribution in [3.05, 3.63) is 11.5 Å². The first-order valence-electron chi connectivity index (χ1n) is 5.72. The third-order valence-corrected chi connectivity index (χ3v) is 2.56. The van der Waals surface area contributed by atoms with Crippen molar-refractivity contribution in [2.45, 2.75) is 13.3 Å². The molecule has 1 aromatic heterocycles. The Hall–Kier alpha value is -1.07. The molecule has 0 atom stereocenters. The molecule has 0 aliphatic heterocycles. The van der Waals surface area contributed by atoms with Crippen LogP contribution in [0.4, 0.5) is 11.5 Å². The molecule has 2 N–H and O–H groups in total. The van der Waals surface area contributed by atoms with E-state index in [1.54, 1.807) is 6.20 Å². The van der Waals surface area contributed by atoms with Crippen LogP contribution in [0, 0.1) is 0 Å². The molecule has 0 amide bonds. The summed E-state index contributed by atoms with van der Waals surface area (Å²) in [7, 11) is 4.08. The van der Waals surface area contributed by atoms with E-state index in [1.807, 2.05) is 14.1 Å². The van der Waals surface area contributed by atoms with Crippen LogP contribution in [0.2, 0.25) is 5.28 Å². The van der Waals surface area contributed by atoms with E-state index in [9.17, 15) is 0 Å². The highest BCUT2D eigenvalue weighted by atomic mass is 35.5. The molecule has 0 bridgehead atoms. The molecule has 0 fully saturated rings.